The van der Waals surface area contributed by atoms with Crippen LogP contribution in [0.2, 0.25) is 0 Å². The van der Waals surface area contributed by atoms with E-state index in [-0.39, 0.29) is 0 Å². The second-order valence-corrected chi connectivity index (χ2v) is 20.1. The minimum absolute atomic E-state index is 0.483. The molecule has 0 atom stereocenters. The van der Waals surface area contributed by atoms with Crippen LogP contribution in [0.5, 0.6) is 0 Å². The average molecular weight is 937 g/mol. The first-order valence-corrected chi connectivity index (χ1v) is 27.3. The second-order valence-electron chi connectivity index (χ2n) is 20.1. The molecule has 0 bridgehead atoms. The third-order valence-corrected chi connectivity index (χ3v) is 14.4. The van der Waals surface area contributed by atoms with Crippen LogP contribution in [-0.4, -0.2) is 17.6 Å². The number of hydrogen-bond acceptors (Lipinski definition) is 1. The molecule has 0 amide bonds. The van der Waals surface area contributed by atoms with Gasteiger partial charge in [0.15, 0.2) is 0 Å². The van der Waals surface area contributed by atoms with Crippen LogP contribution in [0.4, 0.5) is 8.63 Å². The van der Waals surface area contributed by atoms with Crippen LogP contribution in [-0.2, 0) is 25.7 Å². The van der Waals surface area contributed by atoms with E-state index < -0.39 is 7.40 Å². The maximum atomic E-state index is 16.6. The molecule has 0 saturated carbocycles. The molecule has 70 heavy (non-hydrogen) atoms. The van der Waals surface area contributed by atoms with Gasteiger partial charge >= 0.3 is 7.40 Å². The molecular weight excluding hydrogens is 858 g/mol. The van der Waals surface area contributed by atoms with Crippen molar-refractivity contribution in [2.45, 2.75) is 170 Å². The Hall–Kier alpha value is -5.55. The molecule has 7 rings (SSSR count). The Morgan fingerprint density at radius 2 is 0.900 bits per heavy atom. The highest BCUT2D eigenvalue weighted by molar-refractivity contribution is 6.42. The summed E-state index contributed by atoms with van der Waals surface area (Å²) in [5.41, 5.74) is 16.9. The van der Waals surface area contributed by atoms with Crippen LogP contribution in [0.25, 0.3) is 33.5 Å². The van der Waals surface area contributed by atoms with Crippen molar-refractivity contribution in [3.05, 3.63) is 189 Å². The molecule has 1 aliphatic heterocycles. The van der Waals surface area contributed by atoms with Crippen LogP contribution in [0.3, 0.4) is 0 Å². The zero-order chi connectivity index (χ0) is 49.2. The summed E-state index contributed by atoms with van der Waals surface area (Å²) in [7, 11) is -2.83. The van der Waals surface area contributed by atoms with Crippen molar-refractivity contribution < 1.29 is 8.63 Å². The Kier molecular flexibility index (Phi) is 19.9. The van der Waals surface area contributed by atoms with Gasteiger partial charge in [-0.3, -0.25) is 8.63 Å². The van der Waals surface area contributed by atoms with Gasteiger partial charge in [-0.1, -0.05) is 226 Å². The SMILES string of the molecule is CCCCCCc1ccc(C2=CC(c3ccc(CCCCCC)cc3)=N/C2=C(/c2ccc(C)cc2C)c2c(-c3ccc(CCCCCC)cc3)cc(-c3ccc(CCCCCC)cc3)n2B(F)F)cc1. The van der Waals surface area contributed by atoms with Crippen molar-refractivity contribution in [2.75, 3.05) is 0 Å². The quantitative estimate of drug-likeness (QED) is 0.0362. The molecule has 5 heteroatoms. The van der Waals surface area contributed by atoms with Gasteiger partial charge in [0.05, 0.1) is 17.1 Å². The fraction of sp³-hybridized carbons (Fsp3) is 0.400. The molecule has 2 nitrogen and oxygen atoms in total. The fourth-order valence-corrected chi connectivity index (χ4v) is 10.3. The lowest BCUT2D eigenvalue weighted by Crippen LogP contribution is -2.18. The lowest BCUT2D eigenvalue weighted by molar-refractivity contribution is 0.630. The van der Waals surface area contributed by atoms with E-state index in [1.54, 1.807) is 0 Å². The molecule has 5 aromatic carbocycles. The van der Waals surface area contributed by atoms with Gasteiger partial charge in [0, 0.05) is 28.0 Å². The molecule has 366 valence electrons. The standard InChI is InChI=1S/C65H79BF2N2/c1-7-11-15-19-23-50-28-36-54(37-29-50)59-46-61(56-40-32-52(33-41-56)25-21-17-13-9-3)69-64(59)63(58-44-27-48(5)45-49(58)6)65-60(55-38-30-51(31-39-55)24-20-16-12-8-2)47-62(70(65)66(67)68)57-42-34-53(35-43-57)26-22-18-14-10-4/h27-47H,7-26H2,1-6H3/b64-63-. The summed E-state index contributed by atoms with van der Waals surface area (Å²) in [4.78, 5) is 5.62. The third-order valence-electron chi connectivity index (χ3n) is 14.4. The largest absolute Gasteiger partial charge is 0.678 e. The number of aliphatic imine (C=N–C) groups is 1. The molecule has 0 saturated heterocycles. The van der Waals surface area contributed by atoms with Crippen molar-refractivity contribution >= 4 is 24.3 Å². The van der Waals surface area contributed by atoms with E-state index in [9.17, 15) is 0 Å². The molecule has 1 aliphatic rings. The minimum Gasteiger partial charge on any atom is -0.324 e. The van der Waals surface area contributed by atoms with E-state index in [4.69, 9.17) is 4.99 Å². The summed E-state index contributed by atoms with van der Waals surface area (Å²) in [5, 5.41) is 0. The van der Waals surface area contributed by atoms with Crippen molar-refractivity contribution in [3.8, 4) is 22.4 Å². The topological polar surface area (TPSA) is 17.3 Å². The summed E-state index contributed by atoms with van der Waals surface area (Å²) in [6, 6.07) is 43.4. The predicted molar refractivity (Wildman–Crippen MR) is 299 cm³/mol. The van der Waals surface area contributed by atoms with Crippen molar-refractivity contribution in [1.82, 2.24) is 4.48 Å². The molecule has 0 aliphatic carbocycles. The number of allylic oxidation sites excluding steroid dienone is 2. The van der Waals surface area contributed by atoms with Gasteiger partial charge in [-0.05, 0) is 127 Å². The summed E-state index contributed by atoms with van der Waals surface area (Å²) in [6.07, 6.45) is 25.5. The van der Waals surface area contributed by atoms with Crippen LogP contribution in [0.1, 0.15) is 186 Å². The number of benzene rings is 5. The Bertz CT molecular complexity index is 2660. The Morgan fingerprint density at radius 3 is 1.33 bits per heavy atom. The second kappa shape index (κ2) is 26.6. The number of aromatic nitrogens is 1. The number of halogens is 2. The van der Waals surface area contributed by atoms with Crippen molar-refractivity contribution in [1.29, 1.82) is 0 Å². The van der Waals surface area contributed by atoms with Gasteiger partial charge in [0.25, 0.3) is 0 Å². The molecule has 6 aromatic rings. The zero-order valence-electron chi connectivity index (χ0n) is 43.5. The molecule has 0 N–H and O–H groups in total. The van der Waals surface area contributed by atoms with Crippen LogP contribution in [0.15, 0.2) is 138 Å². The Labute approximate surface area is 421 Å². The highest BCUT2D eigenvalue weighted by atomic mass is 19.2. The van der Waals surface area contributed by atoms with Gasteiger partial charge in [0.2, 0.25) is 0 Å². The van der Waals surface area contributed by atoms with Crippen LogP contribution in [0, 0.1) is 13.8 Å². The van der Waals surface area contributed by atoms with Crippen LogP contribution >= 0.6 is 0 Å². The number of rotatable bonds is 27. The molecule has 0 radical (unpaired) electrons. The van der Waals surface area contributed by atoms with E-state index >= 15 is 8.63 Å². The highest BCUT2D eigenvalue weighted by Gasteiger charge is 2.34. The Morgan fingerprint density at radius 1 is 0.471 bits per heavy atom. The monoisotopic (exact) mass is 937 g/mol. The lowest BCUT2D eigenvalue weighted by Gasteiger charge is -2.21. The molecular formula is C65H79BF2N2. The highest BCUT2D eigenvalue weighted by Crippen LogP contribution is 2.46. The number of nitrogens with zero attached hydrogens (tertiary/aromatic N) is 2. The fourth-order valence-electron chi connectivity index (χ4n) is 10.3. The van der Waals surface area contributed by atoms with E-state index in [1.165, 1.54) is 110 Å². The molecule has 0 fully saturated rings. The minimum atomic E-state index is -2.83. The van der Waals surface area contributed by atoms with E-state index in [2.05, 4.69) is 163 Å². The average Bonchev–Trinajstić information content (AvgIpc) is 4.00. The van der Waals surface area contributed by atoms with E-state index in [0.29, 0.717) is 22.7 Å². The Balaban J connectivity index is 1.47. The molecule has 0 unspecified atom stereocenters. The maximum Gasteiger partial charge on any atom is 0.678 e. The van der Waals surface area contributed by atoms with Crippen molar-refractivity contribution in [2.24, 2.45) is 4.99 Å². The first kappa shape index (κ1) is 52.3. The van der Waals surface area contributed by atoms with Crippen molar-refractivity contribution in [3.63, 3.8) is 0 Å². The van der Waals surface area contributed by atoms with Gasteiger partial charge in [-0.15, -0.1) is 0 Å². The summed E-state index contributed by atoms with van der Waals surface area (Å²) in [6.45, 7) is 13.2. The molecule has 0 spiro atoms. The number of aryl methyl sites for hydroxylation is 6. The first-order chi connectivity index (χ1) is 34.2. The number of unbranched alkanes of at least 4 members (excludes halogenated alkanes) is 12. The maximum absolute atomic E-state index is 16.6. The predicted octanol–water partition coefficient (Wildman–Crippen LogP) is 19.0. The molecule has 1 aromatic heterocycles. The smallest absolute Gasteiger partial charge is 0.324 e. The summed E-state index contributed by atoms with van der Waals surface area (Å²) >= 11 is 0. The zero-order valence-corrected chi connectivity index (χ0v) is 43.5. The lowest BCUT2D eigenvalue weighted by atomic mass is 9.87. The number of hydrogen-bond donors (Lipinski definition) is 0. The first-order valence-electron chi connectivity index (χ1n) is 27.3. The van der Waals surface area contributed by atoms with E-state index in [1.807, 2.05) is 6.07 Å². The van der Waals surface area contributed by atoms with Crippen LogP contribution < -0.4 is 0 Å². The summed E-state index contributed by atoms with van der Waals surface area (Å²) in [5.74, 6) is 0. The van der Waals surface area contributed by atoms with Gasteiger partial charge < -0.3 is 4.48 Å². The van der Waals surface area contributed by atoms with Gasteiger partial charge in [-0.2, -0.15) is 0 Å². The van der Waals surface area contributed by atoms with Gasteiger partial charge in [-0.25, -0.2) is 4.99 Å². The molecule has 2 heterocycles. The normalized spacial score (nSPS) is 13.2. The van der Waals surface area contributed by atoms with Gasteiger partial charge in [0.1, 0.15) is 0 Å². The summed E-state index contributed by atoms with van der Waals surface area (Å²) < 4.78 is 34.6. The third kappa shape index (κ3) is 13.6. The van der Waals surface area contributed by atoms with E-state index in [0.717, 1.165) is 101 Å².